The first-order valence-corrected chi connectivity index (χ1v) is 9.87. The summed E-state index contributed by atoms with van der Waals surface area (Å²) >= 11 is 5.82. The van der Waals surface area contributed by atoms with Crippen molar-refractivity contribution in [2.24, 2.45) is 0 Å². The van der Waals surface area contributed by atoms with Crippen LogP contribution < -0.4 is 10.6 Å². The summed E-state index contributed by atoms with van der Waals surface area (Å²) in [6.07, 6.45) is 5.12. The summed E-state index contributed by atoms with van der Waals surface area (Å²) in [5.74, 6) is -0.0474. The summed E-state index contributed by atoms with van der Waals surface area (Å²) in [5, 5.41) is 7.54. The molecule has 0 atom stereocenters. The molecule has 0 aliphatic rings. The minimum absolute atomic E-state index is 0.0259. The van der Waals surface area contributed by atoms with Gasteiger partial charge in [0.2, 0.25) is 11.8 Å². The molecule has 0 radical (unpaired) electrons. The first kappa shape index (κ1) is 20.0. The lowest BCUT2D eigenvalue weighted by Gasteiger charge is -2.07. The molecule has 0 unspecified atom stereocenters. The quantitative estimate of drug-likeness (QED) is 0.458. The smallest absolute Gasteiger partial charge is 0.224 e. The van der Waals surface area contributed by atoms with E-state index in [1.54, 1.807) is 24.3 Å². The highest BCUT2D eigenvalue weighted by atomic mass is 35.5. The second-order valence-corrected chi connectivity index (χ2v) is 7.16. The monoisotopic (exact) mass is 397 g/mol. The maximum atomic E-state index is 12.0. The zero-order chi connectivity index (χ0) is 19.8. The molecule has 6 heteroatoms. The molecular weight excluding hydrogens is 374 g/mol. The maximum absolute atomic E-state index is 12.0. The van der Waals surface area contributed by atoms with E-state index in [0.29, 0.717) is 30.8 Å². The van der Waals surface area contributed by atoms with Crippen LogP contribution in [0.15, 0.2) is 54.7 Å². The second kappa shape index (κ2) is 9.95. The number of H-pyrrole nitrogens is 1. The largest absolute Gasteiger partial charge is 0.361 e. The van der Waals surface area contributed by atoms with Crippen LogP contribution in [0, 0.1) is 0 Å². The molecule has 2 aromatic carbocycles. The highest BCUT2D eigenvalue weighted by Gasteiger charge is 2.06. The average molecular weight is 398 g/mol. The van der Waals surface area contributed by atoms with Gasteiger partial charge in [0.05, 0.1) is 0 Å². The first-order chi connectivity index (χ1) is 13.6. The van der Waals surface area contributed by atoms with Crippen molar-refractivity contribution in [1.82, 2.24) is 10.3 Å². The van der Waals surface area contributed by atoms with Gasteiger partial charge in [-0.25, -0.2) is 0 Å². The number of hydrogen-bond donors (Lipinski definition) is 3. The standard InChI is InChI=1S/C22H24ClN3O2/c23-17-10-12-18(13-11-17)26-22(28)9-4-14-24-21(27)8-3-5-16-15-25-20-7-2-1-6-19(16)20/h1-2,6-7,10-13,15,25H,3-5,8-9,14H2,(H,24,27)(H,26,28). The van der Waals surface area contributed by atoms with Crippen molar-refractivity contribution >= 4 is 40.0 Å². The highest BCUT2D eigenvalue weighted by molar-refractivity contribution is 6.30. The summed E-state index contributed by atoms with van der Waals surface area (Å²) < 4.78 is 0. The predicted octanol–water partition coefficient (Wildman–Crippen LogP) is 4.68. The number of para-hydroxylation sites is 1. The zero-order valence-corrected chi connectivity index (χ0v) is 16.4. The van der Waals surface area contributed by atoms with Crippen LogP contribution in [0.5, 0.6) is 0 Å². The molecular formula is C22H24ClN3O2. The van der Waals surface area contributed by atoms with Crippen molar-refractivity contribution in [3.05, 3.63) is 65.3 Å². The SMILES string of the molecule is O=C(CCCc1c[nH]c2ccccc12)NCCCC(=O)Nc1ccc(Cl)cc1. The summed E-state index contributed by atoms with van der Waals surface area (Å²) in [6, 6.07) is 15.2. The number of benzene rings is 2. The number of carbonyl (C=O) groups is 2. The molecule has 0 spiro atoms. The molecule has 1 heterocycles. The van der Waals surface area contributed by atoms with Gasteiger partial charge >= 0.3 is 0 Å². The average Bonchev–Trinajstić information content (AvgIpc) is 3.10. The molecule has 0 fully saturated rings. The van der Waals surface area contributed by atoms with Gasteiger partial charge in [-0.3, -0.25) is 9.59 Å². The van der Waals surface area contributed by atoms with E-state index >= 15 is 0 Å². The second-order valence-electron chi connectivity index (χ2n) is 6.72. The van der Waals surface area contributed by atoms with Crippen LogP contribution in [-0.4, -0.2) is 23.3 Å². The van der Waals surface area contributed by atoms with Crippen LogP contribution in [0.1, 0.15) is 31.2 Å². The number of amides is 2. The fourth-order valence-electron chi connectivity index (χ4n) is 3.10. The molecule has 3 aromatic rings. The zero-order valence-electron chi connectivity index (χ0n) is 15.6. The summed E-state index contributed by atoms with van der Waals surface area (Å²) in [5.41, 5.74) is 3.08. The molecule has 3 N–H and O–H groups in total. The third-order valence-corrected chi connectivity index (χ3v) is 4.81. The number of aryl methyl sites for hydroxylation is 1. The third kappa shape index (κ3) is 5.86. The van der Waals surface area contributed by atoms with Gasteiger partial charge in [-0.05, 0) is 55.2 Å². The van der Waals surface area contributed by atoms with E-state index in [2.05, 4.69) is 27.8 Å². The predicted molar refractivity (Wildman–Crippen MR) is 114 cm³/mol. The molecule has 1 aromatic heterocycles. The molecule has 3 rings (SSSR count). The van der Waals surface area contributed by atoms with Crippen molar-refractivity contribution in [3.63, 3.8) is 0 Å². The molecule has 2 amide bonds. The molecule has 28 heavy (non-hydrogen) atoms. The van der Waals surface area contributed by atoms with E-state index in [0.717, 1.165) is 24.0 Å². The lowest BCUT2D eigenvalue weighted by atomic mass is 10.1. The molecule has 5 nitrogen and oxygen atoms in total. The van der Waals surface area contributed by atoms with Gasteiger partial charge in [0.25, 0.3) is 0 Å². The van der Waals surface area contributed by atoms with Crippen LogP contribution in [-0.2, 0) is 16.0 Å². The van der Waals surface area contributed by atoms with Gasteiger partial charge in [-0.2, -0.15) is 0 Å². The number of carbonyl (C=O) groups excluding carboxylic acids is 2. The molecule has 0 aliphatic heterocycles. The number of anilines is 1. The normalized spacial score (nSPS) is 10.8. The van der Waals surface area contributed by atoms with Gasteiger partial charge in [-0.1, -0.05) is 29.8 Å². The minimum Gasteiger partial charge on any atom is -0.361 e. The van der Waals surface area contributed by atoms with Gasteiger partial charge in [0.15, 0.2) is 0 Å². The van der Waals surface area contributed by atoms with Gasteiger partial charge in [0.1, 0.15) is 0 Å². The van der Waals surface area contributed by atoms with Crippen LogP contribution in [0.3, 0.4) is 0 Å². The van der Waals surface area contributed by atoms with Gasteiger partial charge < -0.3 is 15.6 Å². The van der Waals surface area contributed by atoms with Gasteiger partial charge in [0, 0.05) is 47.2 Å². The van der Waals surface area contributed by atoms with Crippen molar-refractivity contribution in [2.45, 2.75) is 32.1 Å². The highest BCUT2D eigenvalue weighted by Crippen LogP contribution is 2.19. The number of hydrogen-bond acceptors (Lipinski definition) is 2. The van der Waals surface area contributed by atoms with E-state index in [4.69, 9.17) is 11.6 Å². The Morgan fingerprint density at radius 3 is 2.50 bits per heavy atom. The molecule has 0 saturated carbocycles. The molecule has 0 bridgehead atoms. The molecule has 146 valence electrons. The topological polar surface area (TPSA) is 74.0 Å². The lowest BCUT2D eigenvalue weighted by molar-refractivity contribution is -0.121. The Morgan fingerprint density at radius 1 is 0.929 bits per heavy atom. The Balaban J connectivity index is 1.29. The van der Waals surface area contributed by atoms with E-state index in [1.807, 2.05) is 18.3 Å². The summed E-state index contributed by atoms with van der Waals surface area (Å²) in [6.45, 7) is 0.500. The van der Waals surface area contributed by atoms with Gasteiger partial charge in [-0.15, -0.1) is 0 Å². The fourth-order valence-corrected chi connectivity index (χ4v) is 3.23. The van der Waals surface area contributed by atoms with Crippen LogP contribution in [0.4, 0.5) is 5.69 Å². The van der Waals surface area contributed by atoms with Crippen LogP contribution in [0.25, 0.3) is 10.9 Å². The Hall–Kier alpha value is -2.79. The lowest BCUT2D eigenvalue weighted by Crippen LogP contribution is -2.25. The van der Waals surface area contributed by atoms with Crippen molar-refractivity contribution in [2.75, 3.05) is 11.9 Å². The van der Waals surface area contributed by atoms with Crippen molar-refractivity contribution < 1.29 is 9.59 Å². The Morgan fingerprint density at radius 2 is 1.68 bits per heavy atom. The van der Waals surface area contributed by atoms with E-state index in [1.165, 1.54) is 10.9 Å². The van der Waals surface area contributed by atoms with Crippen molar-refractivity contribution in [3.8, 4) is 0 Å². The van der Waals surface area contributed by atoms with Crippen LogP contribution in [0.2, 0.25) is 5.02 Å². The maximum Gasteiger partial charge on any atom is 0.224 e. The fraction of sp³-hybridized carbons (Fsp3) is 0.273. The Labute approximate surface area is 169 Å². The van der Waals surface area contributed by atoms with E-state index in [9.17, 15) is 9.59 Å². The number of rotatable bonds is 9. The first-order valence-electron chi connectivity index (χ1n) is 9.49. The van der Waals surface area contributed by atoms with E-state index in [-0.39, 0.29) is 11.8 Å². The molecule has 0 aliphatic carbocycles. The number of halogens is 1. The minimum atomic E-state index is -0.0732. The summed E-state index contributed by atoms with van der Waals surface area (Å²) in [4.78, 5) is 27.1. The summed E-state index contributed by atoms with van der Waals surface area (Å²) in [7, 11) is 0. The number of fused-ring (bicyclic) bond motifs is 1. The Kier molecular flexibility index (Phi) is 7.09. The molecule has 0 saturated heterocycles. The Bertz CT molecular complexity index is 934. The van der Waals surface area contributed by atoms with Crippen LogP contribution >= 0.6 is 11.6 Å². The number of aromatic amines is 1. The van der Waals surface area contributed by atoms with E-state index < -0.39 is 0 Å². The third-order valence-electron chi connectivity index (χ3n) is 4.56. The van der Waals surface area contributed by atoms with Crippen molar-refractivity contribution in [1.29, 1.82) is 0 Å². The number of aromatic nitrogens is 1. The number of nitrogens with one attached hydrogen (secondary N) is 3.